The van der Waals surface area contributed by atoms with Gasteiger partial charge in [-0.05, 0) is 66.6 Å². The first-order chi connectivity index (χ1) is 16.8. The number of rotatable bonds is 8. The van der Waals surface area contributed by atoms with Crippen LogP contribution in [0.15, 0.2) is 65.1 Å². The van der Waals surface area contributed by atoms with Crippen LogP contribution in [0.4, 0.5) is 0 Å². The Morgan fingerprint density at radius 1 is 1.14 bits per heavy atom. The quantitative estimate of drug-likeness (QED) is 0.381. The van der Waals surface area contributed by atoms with Crippen LogP contribution < -0.4 is 19.5 Å². The standard InChI is InChI=1S/C26H23BrClNO6/c1-33-23-12-17(27)5-2-15(23)10-11-29-25(30)16-3-7-19(8-4-16)34-24-14-21(26(31)32)20-13-18(28)6-9-22(20)35-24/h2-9,12-13,21,24H,10-11,14H2,1H3,(H,29,30)(H,31,32). The van der Waals surface area contributed by atoms with Crippen molar-refractivity contribution in [1.82, 2.24) is 5.32 Å². The van der Waals surface area contributed by atoms with Gasteiger partial charge < -0.3 is 24.6 Å². The summed E-state index contributed by atoms with van der Waals surface area (Å²) < 4.78 is 18.0. The molecule has 182 valence electrons. The molecule has 0 aromatic heterocycles. The van der Waals surface area contributed by atoms with Gasteiger partial charge >= 0.3 is 5.97 Å². The highest BCUT2D eigenvalue weighted by Gasteiger charge is 2.34. The fourth-order valence-corrected chi connectivity index (χ4v) is 4.41. The van der Waals surface area contributed by atoms with Gasteiger partial charge in [-0.3, -0.25) is 9.59 Å². The second-order valence-electron chi connectivity index (χ2n) is 7.96. The third-order valence-electron chi connectivity index (χ3n) is 5.64. The zero-order chi connectivity index (χ0) is 24.9. The van der Waals surface area contributed by atoms with E-state index in [1.807, 2.05) is 18.2 Å². The van der Waals surface area contributed by atoms with Gasteiger partial charge in [-0.2, -0.15) is 0 Å². The number of nitrogens with one attached hydrogen (secondary N) is 1. The van der Waals surface area contributed by atoms with Crippen LogP contribution in [-0.2, 0) is 11.2 Å². The van der Waals surface area contributed by atoms with Crippen molar-refractivity contribution >= 4 is 39.4 Å². The number of carboxylic acid groups (broad SMARTS) is 1. The zero-order valence-electron chi connectivity index (χ0n) is 18.8. The molecule has 2 unspecified atom stereocenters. The van der Waals surface area contributed by atoms with Gasteiger partial charge in [-0.15, -0.1) is 0 Å². The first-order valence-corrected chi connectivity index (χ1v) is 12.1. The average Bonchev–Trinajstić information content (AvgIpc) is 2.84. The largest absolute Gasteiger partial charge is 0.496 e. The van der Waals surface area contributed by atoms with Gasteiger partial charge in [0.05, 0.1) is 13.0 Å². The summed E-state index contributed by atoms with van der Waals surface area (Å²) in [6, 6.07) is 17.3. The molecule has 9 heteroatoms. The van der Waals surface area contributed by atoms with E-state index in [-0.39, 0.29) is 12.3 Å². The normalized spacial score (nSPS) is 16.5. The predicted octanol–water partition coefficient (Wildman–Crippen LogP) is 5.44. The molecule has 1 heterocycles. The van der Waals surface area contributed by atoms with Crippen LogP contribution >= 0.6 is 27.5 Å². The lowest BCUT2D eigenvalue weighted by molar-refractivity contribution is -0.141. The Labute approximate surface area is 216 Å². The van der Waals surface area contributed by atoms with Crippen molar-refractivity contribution in [3.05, 3.63) is 86.8 Å². The highest BCUT2D eigenvalue weighted by Crippen LogP contribution is 2.38. The minimum atomic E-state index is -0.974. The van der Waals surface area contributed by atoms with Crippen molar-refractivity contribution in [1.29, 1.82) is 0 Å². The summed E-state index contributed by atoms with van der Waals surface area (Å²) in [6.07, 6.45) is -0.0325. The Bertz CT molecular complexity index is 1230. The number of carbonyl (C=O) groups excluding carboxylic acids is 1. The van der Waals surface area contributed by atoms with Crippen molar-refractivity contribution in [3.63, 3.8) is 0 Å². The SMILES string of the molecule is COc1cc(Br)ccc1CCNC(=O)c1ccc(OC2CC(C(=O)O)c3cc(Cl)ccc3O2)cc1. The molecule has 0 bridgehead atoms. The predicted molar refractivity (Wildman–Crippen MR) is 135 cm³/mol. The lowest BCUT2D eigenvalue weighted by atomic mass is 9.92. The van der Waals surface area contributed by atoms with E-state index in [2.05, 4.69) is 21.2 Å². The Kier molecular flexibility index (Phi) is 7.83. The maximum absolute atomic E-state index is 12.5. The number of ether oxygens (including phenoxy) is 3. The van der Waals surface area contributed by atoms with Gasteiger partial charge in [0.25, 0.3) is 5.91 Å². The minimum absolute atomic E-state index is 0.129. The van der Waals surface area contributed by atoms with Crippen molar-refractivity contribution < 1.29 is 28.9 Å². The van der Waals surface area contributed by atoms with Crippen molar-refractivity contribution in [3.8, 4) is 17.2 Å². The van der Waals surface area contributed by atoms with E-state index in [1.54, 1.807) is 49.6 Å². The number of halogens is 2. The lowest BCUT2D eigenvalue weighted by Crippen LogP contribution is -2.33. The molecule has 1 aliphatic rings. The number of carboxylic acids is 1. The molecule has 7 nitrogen and oxygen atoms in total. The second-order valence-corrected chi connectivity index (χ2v) is 9.31. The summed E-state index contributed by atoms with van der Waals surface area (Å²) >= 11 is 9.43. The Morgan fingerprint density at radius 3 is 2.63 bits per heavy atom. The Morgan fingerprint density at radius 2 is 1.91 bits per heavy atom. The fourth-order valence-electron chi connectivity index (χ4n) is 3.89. The van der Waals surface area contributed by atoms with Crippen LogP contribution in [0.3, 0.4) is 0 Å². The molecule has 0 fully saturated rings. The van der Waals surface area contributed by atoms with E-state index in [0.29, 0.717) is 40.6 Å². The second kappa shape index (κ2) is 11.0. The Hall–Kier alpha value is -3.23. The van der Waals surface area contributed by atoms with Crippen LogP contribution in [-0.4, -0.2) is 36.9 Å². The van der Waals surface area contributed by atoms with Crippen LogP contribution in [0.2, 0.25) is 5.02 Å². The molecule has 1 amide bonds. The topological polar surface area (TPSA) is 94.1 Å². The fraction of sp³-hybridized carbons (Fsp3) is 0.231. The van der Waals surface area contributed by atoms with E-state index >= 15 is 0 Å². The molecule has 0 radical (unpaired) electrons. The number of fused-ring (bicyclic) bond motifs is 1. The van der Waals surface area contributed by atoms with Crippen LogP contribution in [0, 0.1) is 0 Å². The van der Waals surface area contributed by atoms with E-state index in [9.17, 15) is 14.7 Å². The number of amides is 1. The van der Waals surface area contributed by atoms with Gasteiger partial charge in [0.1, 0.15) is 17.2 Å². The van der Waals surface area contributed by atoms with E-state index in [1.165, 1.54) is 0 Å². The maximum Gasteiger partial charge on any atom is 0.311 e. The lowest BCUT2D eigenvalue weighted by Gasteiger charge is -2.30. The number of hydrogen-bond acceptors (Lipinski definition) is 5. The number of carbonyl (C=O) groups is 2. The maximum atomic E-state index is 12.5. The number of methoxy groups -OCH3 is 1. The molecule has 35 heavy (non-hydrogen) atoms. The summed E-state index contributed by atoms with van der Waals surface area (Å²) in [5, 5.41) is 13.0. The van der Waals surface area contributed by atoms with Crippen LogP contribution in [0.5, 0.6) is 17.2 Å². The number of aliphatic carboxylic acids is 1. The molecule has 3 aromatic rings. The molecular weight excluding hydrogens is 538 g/mol. The molecular formula is C26H23BrClNO6. The molecule has 0 spiro atoms. The monoisotopic (exact) mass is 559 g/mol. The Balaban J connectivity index is 1.34. The molecule has 0 aliphatic carbocycles. The molecule has 4 rings (SSSR count). The van der Waals surface area contributed by atoms with Gasteiger partial charge in [0.2, 0.25) is 6.29 Å². The van der Waals surface area contributed by atoms with Crippen molar-refractivity contribution in [2.75, 3.05) is 13.7 Å². The zero-order valence-corrected chi connectivity index (χ0v) is 21.1. The molecule has 3 aromatic carbocycles. The van der Waals surface area contributed by atoms with E-state index in [0.717, 1.165) is 15.8 Å². The molecule has 2 N–H and O–H groups in total. The summed E-state index contributed by atoms with van der Waals surface area (Å²) in [5.41, 5.74) is 2.00. The van der Waals surface area contributed by atoms with Gasteiger partial charge in [0, 0.05) is 33.6 Å². The number of benzene rings is 3. The smallest absolute Gasteiger partial charge is 0.311 e. The van der Waals surface area contributed by atoms with Crippen LogP contribution in [0.25, 0.3) is 0 Å². The molecule has 0 saturated carbocycles. The van der Waals surface area contributed by atoms with E-state index in [4.69, 9.17) is 25.8 Å². The summed E-state index contributed by atoms with van der Waals surface area (Å²) in [6.45, 7) is 0.449. The third kappa shape index (κ3) is 6.07. The highest BCUT2D eigenvalue weighted by molar-refractivity contribution is 9.10. The van der Waals surface area contributed by atoms with Gasteiger partial charge in [-0.1, -0.05) is 33.6 Å². The van der Waals surface area contributed by atoms with Crippen molar-refractivity contribution in [2.24, 2.45) is 0 Å². The third-order valence-corrected chi connectivity index (χ3v) is 6.37. The molecule has 0 saturated heterocycles. The van der Waals surface area contributed by atoms with Crippen LogP contribution in [0.1, 0.15) is 33.8 Å². The first-order valence-electron chi connectivity index (χ1n) is 10.9. The summed E-state index contributed by atoms with van der Waals surface area (Å²) in [7, 11) is 1.61. The van der Waals surface area contributed by atoms with E-state index < -0.39 is 18.2 Å². The molecule has 1 aliphatic heterocycles. The van der Waals surface area contributed by atoms with Crippen molar-refractivity contribution in [2.45, 2.75) is 25.0 Å². The summed E-state index contributed by atoms with van der Waals surface area (Å²) in [5.74, 6) is -0.326. The molecule has 2 atom stereocenters. The first kappa shape index (κ1) is 24.9. The number of hydrogen-bond donors (Lipinski definition) is 2. The highest BCUT2D eigenvalue weighted by atomic mass is 79.9. The summed E-state index contributed by atoms with van der Waals surface area (Å²) in [4.78, 5) is 24.3. The van der Waals surface area contributed by atoms with Gasteiger partial charge in [-0.25, -0.2) is 0 Å². The van der Waals surface area contributed by atoms with Gasteiger partial charge in [0.15, 0.2) is 0 Å². The average molecular weight is 561 g/mol. The minimum Gasteiger partial charge on any atom is -0.496 e.